The van der Waals surface area contributed by atoms with Crippen LogP contribution in [0.3, 0.4) is 0 Å². The minimum Gasteiger partial charge on any atom is -0.480 e. The van der Waals surface area contributed by atoms with Crippen molar-refractivity contribution in [2.75, 3.05) is 0 Å². The SMILES string of the molecule is O=C(O)c1ccc2c(c1)OC(C(=O)NC(c1cccc(C(F)(F)F)c1)C(F)(F)F)C2. The van der Waals surface area contributed by atoms with Crippen molar-refractivity contribution in [1.82, 2.24) is 5.32 Å². The summed E-state index contributed by atoms with van der Waals surface area (Å²) in [5.41, 5.74) is -1.78. The predicted octanol–water partition coefficient (Wildman–Crippen LogP) is 4.13. The number of fused-ring (bicyclic) bond motifs is 1. The zero-order valence-corrected chi connectivity index (χ0v) is 14.8. The fourth-order valence-corrected chi connectivity index (χ4v) is 2.99. The summed E-state index contributed by atoms with van der Waals surface area (Å²) in [5.74, 6) is -2.41. The van der Waals surface area contributed by atoms with E-state index >= 15 is 0 Å². The predicted molar refractivity (Wildman–Crippen MR) is 89.9 cm³/mol. The topological polar surface area (TPSA) is 75.6 Å². The molecular weight excluding hydrogens is 420 g/mol. The summed E-state index contributed by atoms with van der Waals surface area (Å²) in [6.07, 6.45) is -11.4. The Balaban J connectivity index is 1.81. The summed E-state index contributed by atoms with van der Waals surface area (Å²) in [4.78, 5) is 23.4. The number of nitrogens with one attached hydrogen (secondary N) is 1. The molecule has 2 aromatic carbocycles. The van der Waals surface area contributed by atoms with Crippen LogP contribution in [0.2, 0.25) is 0 Å². The fourth-order valence-electron chi connectivity index (χ4n) is 2.99. The van der Waals surface area contributed by atoms with Crippen molar-refractivity contribution >= 4 is 11.9 Å². The van der Waals surface area contributed by atoms with Crippen molar-refractivity contribution in [3.8, 4) is 5.75 Å². The highest BCUT2D eigenvalue weighted by molar-refractivity contribution is 5.89. The van der Waals surface area contributed by atoms with Gasteiger partial charge in [0.2, 0.25) is 0 Å². The average Bonchev–Trinajstić information content (AvgIpc) is 3.07. The zero-order valence-electron chi connectivity index (χ0n) is 14.8. The minimum absolute atomic E-state index is 0.0395. The Morgan fingerprint density at radius 3 is 2.37 bits per heavy atom. The first-order valence-electron chi connectivity index (χ1n) is 8.43. The summed E-state index contributed by atoms with van der Waals surface area (Å²) >= 11 is 0. The summed E-state index contributed by atoms with van der Waals surface area (Å²) in [7, 11) is 0. The fraction of sp³-hybridized carbons (Fsp3) is 0.263. The molecule has 2 aromatic rings. The molecule has 3 rings (SSSR count). The minimum atomic E-state index is -5.07. The van der Waals surface area contributed by atoms with Gasteiger partial charge in [-0.3, -0.25) is 4.79 Å². The molecule has 2 N–H and O–H groups in total. The van der Waals surface area contributed by atoms with Crippen molar-refractivity contribution in [2.45, 2.75) is 30.9 Å². The van der Waals surface area contributed by atoms with E-state index in [2.05, 4.69) is 0 Å². The Morgan fingerprint density at radius 1 is 1.07 bits per heavy atom. The van der Waals surface area contributed by atoms with Gasteiger partial charge in [-0.15, -0.1) is 0 Å². The van der Waals surface area contributed by atoms with Gasteiger partial charge in [0.25, 0.3) is 5.91 Å². The van der Waals surface area contributed by atoms with E-state index in [1.54, 1.807) is 5.32 Å². The number of carbonyl (C=O) groups is 2. The smallest absolute Gasteiger partial charge is 0.416 e. The Morgan fingerprint density at radius 2 is 1.77 bits per heavy atom. The maximum atomic E-state index is 13.5. The van der Waals surface area contributed by atoms with Gasteiger partial charge in [0.05, 0.1) is 11.1 Å². The summed E-state index contributed by atoms with van der Waals surface area (Å²) in [6, 6.07) is 3.67. The number of ether oxygens (including phenoxy) is 1. The number of carboxylic acid groups (broad SMARTS) is 1. The highest BCUT2D eigenvalue weighted by Gasteiger charge is 2.44. The van der Waals surface area contributed by atoms with Crippen LogP contribution in [-0.2, 0) is 17.4 Å². The van der Waals surface area contributed by atoms with E-state index in [-0.39, 0.29) is 17.7 Å². The summed E-state index contributed by atoms with van der Waals surface area (Å²) in [6.45, 7) is 0. The largest absolute Gasteiger partial charge is 0.480 e. The Labute approximate surface area is 165 Å². The van der Waals surface area contributed by atoms with E-state index in [0.29, 0.717) is 17.7 Å². The molecule has 0 radical (unpaired) electrons. The van der Waals surface area contributed by atoms with Gasteiger partial charge in [-0.2, -0.15) is 26.3 Å². The van der Waals surface area contributed by atoms with Gasteiger partial charge < -0.3 is 15.2 Å². The molecule has 1 heterocycles. The number of halogens is 6. The standard InChI is InChI=1S/C19H13F6NO4/c20-18(21,22)12-3-1-2-10(6-12)15(19(23,24)25)26-16(27)14-7-9-4-5-11(17(28)29)8-13(9)30-14/h1-6,8,14-15H,7H2,(H,26,27)(H,28,29). The van der Waals surface area contributed by atoms with Crippen LogP contribution < -0.4 is 10.1 Å². The van der Waals surface area contributed by atoms with E-state index in [0.717, 1.165) is 18.2 Å². The summed E-state index contributed by atoms with van der Waals surface area (Å²) < 4.78 is 84.3. The van der Waals surface area contributed by atoms with Crippen LogP contribution in [-0.4, -0.2) is 29.3 Å². The van der Waals surface area contributed by atoms with Crippen molar-refractivity contribution in [2.24, 2.45) is 0 Å². The molecule has 0 fully saturated rings. The molecule has 1 aliphatic rings. The third-order valence-electron chi connectivity index (χ3n) is 4.44. The molecule has 2 atom stereocenters. The molecule has 0 bridgehead atoms. The van der Waals surface area contributed by atoms with Crippen LogP contribution in [0, 0.1) is 0 Å². The number of carboxylic acids is 1. The Hall–Kier alpha value is -3.24. The molecule has 1 amide bonds. The third-order valence-corrected chi connectivity index (χ3v) is 4.44. The lowest BCUT2D eigenvalue weighted by atomic mass is 10.0. The van der Waals surface area contributed by atoms with Gasteiger partial charge in [0.15, 0.2) is 12.1 Å². The Kier molecular flexibility index (Phi) is 5.40. The Bertz CT molecular complexity index is 986. The van der Waals surface area contributed by atoms with Crippen LogP contribution in [0.4, 0.5) is 26.3 Å². The molecule has 2 unspecified atom stereocenters. The number of rotatable bonds is 4. The van der Waals surface area contributed by atoms with Crippen LogP contribution in [0.1, 0.15) is 33.1 Å². The van der Waals surface area contributed by atoms with E-state index in [9.17, 15) is 35.9 Å². The number of hydrogen-bond acceptors (Lipinski definition) is 3. The summed E-state index contributed by atoms with van der Waals surface area (Å²) in [5, 5.41) is 10.7. The second-order valence-corrected chi connectivity index (χ2v) is 6.54. The molecular formula is C19H13F6NO4. The van der Waals surface area contributed by atoms with Crippen LogP contribution in [0.5, 0.6) is 5.75 Å². The number of aromatic carboxylic acids is 1. The van der Waals surface area contributed by atoms with Crippen LogP contribution >= 0.6 is 0 Å². The second-order valence-electron chi connectivity index (χ2n) is 6.54. The van der Waals surface area contributed by atoms with E-state index < -0.39 is 47.5 Å². The highest BCUT2D eigenvalue weighted by atomic mass is 19.4. The van der Waals surface area contributed by atoms with E-state index in [1.807, 2.05) is 0 Å². The molecule has 0 saturated heterocycles. The lowest BCUT2D eigenvalue weighted by Gasteiger charge is -2.24. The zero-order chi connectivity index (χ0) is 22.3. The number of alkyl halides is 6. The monoisotopic (exact) mass is 433 g/mol. The van der Waals surface area contributed by atoms with Crippen molar-refractivity contribution < 1.29 is 45.8 Å². The number of hydrogen-bond donors (Lipinski definition) is 2. The van der Waals surface area contributed by atoms with Gasteiger partial charge in [-0.05, 0) is 35.4 Å². The van der Waals surface area contributed by atoms with Gasteiger partial charge in [-0.1, -0.05) is 18.2 Å². The van der Waals surface area contributed by atoms with Crippen molar-refractivity contribution in [3.63, 3.8) is 0 Å². The lowest BCUT2D eigenvalue weighted by molar-refractivity contribution is -0.165. The van der Waals surface area contributed by atoms with E-state index in [4.69, 9.17) is 9.84 Å². The average molecular weight is 433 g/mol. The molecule has 0 spiro atoms. The quantitative estimate of drug-likeness (QED) is 0.712. The maximum Gasteiger partial charge on any atom is 0.416 e. The van der Waals surface area contributed by atoms with E-state index in [1.165, 1.54) is 12.1 Å². The van der Waals surface area contributed by atoms with Gasteiger partial charge >= 0.3 is 18.3 Å². The first-order chi connectivity index (χ1) is 13.9. The molecule has 0 aromatic heterocycles. The molecule has 1 aliphatic heterocycles. The maximum absolute atomic E-state index is 13.5. The first-order valence-corrected chi connectivity index (χ1v) is 8.43. The number of benzene rings is 2. The van der Waals surface area contributed by atoms with Crippen molar-refractivity contribution in [1.29, 1.82) is 0 Å². The van der Waals surface area contributed by atoms with Crippen LogP contribution in [0.25, 0.3) is 0 Å². The number of amides is 1. The molecule has 11 heteroatoms. The molecule has 5 nitrogen and oxygen atoms in total. The first kappa shape index (κ1) is 21.5. The third kappa shape index (κ3) is 4.50. The van der Waals surface area contributed by atoms with Crippen LogP contribution in [0.15, 0.2) is 42.5 Å². The van der Waals surface area contributed by atoms with Crippen molar-refractivity contribution in [3.05, 3.63) is 64.7 Å². The molecule has 30 heavy (non-hydrogen) atoms. The lowest BCUT2D eigenvalue weighted by Crippen LogP contribution is -2.44. The molecule has 0 saturated carbocycles. The van der Waals surface area contributed by atoms with Gasteiger partial charge in [0.1, 0.15) is 5.75 Å². The molecule has 160 valence electrons. The van der Waals surface area contributed by atoms with Gasteiger partial charge in [0, 0.05) is 6.42 Å². The second kappa shape index (κ2) is 7.54. The highest BCUT2D eigenvalue weighted by Crippen LogP contribution is 2.37. The number of carbonyl (C=O) groups excluding carboxylic acids is 1. The molecule has 0 aliphatic carbocycles. The van der Waals surface area contributed by atoms with Gasteiger partial charge in [-0.25, -0.2) is 4.79 Å². The normalized spacial score (nSPS) is 17.1.